The average molecular weight is 260 g/mol. The van der Waals surface area contributed by atoms with Crippen molar-refractivity contribution < 1.29 is 0 Å². The molecule has 0 N–H and O–H groups in total. The molecule has 1 aromatic rings. The molecule has 0 aromatic heterocycles. The molecule has 0 fully saturated rings. The fourth-order valence-electron chi connectivity index (χ4n) is 0.889. The molecule has 0 aliphatic rings. The van der Waals surface area contributed by atoms with Crippen LogP contribution in [0.3, 0.4) is 0 Å². The molecule has 0 aliphatic carbocycles. The van der Waals surface area contributed by atoms with E-state index in [9.17, 15) is 0 Å². The number of hydrogen-bond acceptors (Lipinski definition) is 0. The van der Waals surface area contributed by atoms with Gasteiger partial charge in [-0.1, -0.05) is 0 Å². The van der Waals surface area contributed by atoms with Crippen LogP contribution in [-0.4, -0.2) is 20.8 Å². The predicted octanol–water partition coefficient (Wildman–Crippen LogP) is 2.55. The number of unbranched alkanes of at least 4 members (excludes halogenated alkanes) is 1. The van der Waals surface area contributed by atoms with E-state index in [1.807, 2.05) is 0 Å². The van der Waals surface area contributed by atoms with Gasteiger partial charge in [-0.15, -0.1) is 0 Å². The monoisotopic (exact) mass is 260 g/mol. The molecule has 0 bridgehead atoms. The molecule has 1 aromatic carbocycles. The van der Waals surface area contributed by atoms with Gasteiger partial charge in [0.05, 0.1) is 0 Å². The van der Waals surface area contributed by atoms with Gasteiger partial charge in [0.2, 0.25) is 0 Å². The maximum absolute atomic E-state index is 5.57. The van der Waals surface area contributed by atoms with Crippen molar-refractivity contribution in [3.05, 3.63) is 41.4 Å². The van der Waals surface area contributed by atoms with E-state index in [2.05, 4.69) is 41.4 Å². The minimum atomic E-state index is 0.494. The van der Waals surface area contributed by atoms with E-state index in [0.717, 1.165) is 18.7 Å². The van der Waals surface area contributed by atoms with Crippen LogP contribution in [0.4, 0.5) is 0 Å². The van der Waals surface area contributed by atoms with Gasteiger partial charge in [-0.2, -0.15) is 0 Å². The Morgan fingerprint density at radius 3 is 2.69 bits per heavy atom. The van der Waals surface area contributed by atoms with Crippen LogP contribution in [0.15, 0.2) is 41.4 Å². The summed E-state index contributed by atoms with van der Waals surface area (Å²) in [5.74, 6) is 0.767. The van der Waals surface area contributed by atoms with Gasteiger partial charge in [-0.3, -0.25) is 0 Å². The number of halogens is 1. The van der Waals surface area contributed by atoms with Crippen molar-refractivity contribution >= 4 is 31.0 Å². The fraction of sp³-hybridized carbons (Fsp3) is 0.273. The zero-order valence-corrected chi connectivity index (χ0v) is 9.92. The molecule has 0 heterocycles. The van der Waals surface area contributed by atoms with Crippen molar-refractivity contribution in [2.75, 3.05) is 5.88 Å². The van der Waals surface area contributed by atoms with Crippen LogP contribution in [0, 0.1) is 0 Å². The van der Waals surface area contributed by atoms with E-state index in [1.165, 1.54) is 4.46 Å². The van der Waals surface area contributed by atoms with Gasteiger partial charge in [0.1, 0.15) is 0 Å². The summed E-state index contributed by atoms with van der Waals surface area (Å²) in [4.78, 5) is 2.27. The second kappa shape index (κ2) is 7.20. The summed E-state index contributed by atoms with van der Waals surface area (Å²) in [5.41, 5.74) is 0. The molecule has 13 heavy (non-hydrogen) atoms. The van der Waals surface area contributed by atoms with Crippen molar-refractivity contribution in [2.45, 2.75) is 12.8 Å². The minimum absolute atomic E-state index is 0.494. The zero-order chi connectivity index (χ0) is 9.36. The van der Waals surface area contributed by atoms with Crippen LogP contribution in [-0.2, 0) is 0 Å². The summed E-state index contributed by atoms with van der Waals surface area (Å²) >= 11 is 6.06. The first-order valence-corrected chi connectivity index (χ1v) is 6.74. The first-order chi connectivity index (χ1) is 6.43. The van der Waals surface area contributed by atoms with E-state index in [-0.39, 0.29) is 0 Å². The van der Waals surface area contributed by atoms with Gasteiger partial charge in [0, 0.05) is 0 Å². The third-order valence-electron chi connectivity index (χ3n) is 1.55. The molecular weight excluding hydrogens is 247 g/mol. The van der Waals surface area contributed by atoms with Crippen molar-refractivity contribution in [1.82, 2.24) is 0 Å². The molecule has 2 heteroatoms. The zero-order valence-electron chi connectivity index (χ0n) is 7.45. The average Bonchev–Trinajstić information content (AvgIpc) is 2.19. The Kier molecular flexibility index (Phi) is 6.01. The standard InChI is InChI=1S/C11H13ClSe/c12-9-5-2-6-10-13-11-7-3-1-4-8-11/h1,3-4,6-8,10H,2,5,9H2/b10-6+. The SMILES string of the molecule is ClCCC/C=C/[Se]c1ccccc1. The Morgan fingerprint density at radius 1 is 1.23 bits per heavy atom. The molecule has 0 unspecified atom stereocenters. The summed E-state index contributed by atoms with van der Waals surface area (Å²) in [5, 5.41) is 0. The fourth-order valence-corrected chi connectivity index (χ4v) is 2.52. The van der Waals surface area contributed by atoms with Crippen LogP contribution in [0.2, 0.25) is 0 Å². The van der Waals surface area contributed by atoms with Gasteiger partial charge in [0.25, 0.3) is 0 Å². The Labute approximate surface area is 91.2 Å². The molecule has 0 saturated heterocycles. The normalized spacial score (nSPS) is 10.8. The predicted molar refractivity (Wildman–Crippen MR) is 60.9 cm³/mol. The van der Waals surface area contributed by atoms with Crippen molar-refractivity contribution in [1.29, 1.82) is 0 Å². The summed E-state index contributed by atoms with van der Waals surface area (Å²) in [6, 6.07) is 10.6. The maximum atomic E-state index is 5.57. The van der Waals surface area contributed by atoms with E-state index < -0.39 is 0 Å². The third-order valence-corrected chi connectivity index (χ3v) is 3.65. The molecule has 0 aliphatic heterocycles. The Morgan fingerprint density at radius 2 is 2.00 bits per heavy atom. The molecule has 0 saturated carbocycles. The van der Waals surface area contributed by atoms with Crippen LogP contribution < -0.4 is 4.46 Å². The van der Waals surface area contributed by atoms with Crippen LogP contribution in [0.25, 0.3) is 0 Å². The topological polar surface area (TPSA) is 0 Å². The summed E-state index contributed by atoms with van der Waals surface area (Å²) in [6.45, 7) is 0. The molecule has 0 nitrogen and oxygen atoms in total. The van der Waals surface area contributed by atoms with Crippen LogP contribution >= 0.6 is 11.6 Å². The van der Waals surface area contributed by atoms with E-state index >= 15 is 0 Å². The Bertz CT molecular complexity index is 244. The molecule has 1 rings (SSSR count). The van der Waals surface area contributed by atoms with Crippen LogP contribution in [0.1, 0.15) is 12.8 Å². The Balaban J connectivity index is 2.23. The second-order valence-corrected chi connectivity index (χ2v) is 5.07. The van der Waals surface area contributed by atoms with E-state index in [1.54, 1.807) is 0 Å². The summed E-state index contributed by atoms with van der Waals surface area (Å²) in [7, 11) is 0. The van der Waals surface area contributed by atoms with Crippen molar-refractivity contribution in [3.8, 4) is 0 Å². The number of rotatable bonds is 5. The van der Waals surface area contributed by atoms with Gasteiger partial charge in [0.15, 0.2) is 0 Å². The van der Waals surface area contributed by atoms with Crippen LogP contribution in [0.5, 0.6) is 0 Å². The number of allylic oxidation sites excluding steroid dienone is 1. The molecule has 0 atom stereocenters. The molecule has 0 spiro atoms. The van der Waals surface area contributed by atoms with E-state index in [0.29, 0.717) is 15.0 Å². The van der Waals surface area contributed by atoms with Gasteiger partial charge >= 0.3 is 91.1 Å². The first-order valence-electron chi connectivity index (χ1n) is 4.36. The van der Waals surface area contributed by atoms with Gasteiger partial charge in [-0.25, -0.2) is 0 Å². The molecule has 0 amide bonds. The molecular formula is C11H13ClSe. The molecule has 70 valence electrons. The number of benzene rings is 1. The number of alkyl halides is 1. The second-order valence-electron chi connectivity index (χ2n) is 2.63. The molecule has 0 radical (unpaired) electrons. The van der Waals surface area contributed by atoms with Gasteiger partial charge in [-0.05, 0) is 0 Å². The first kappa shape index (κ1) is 10.8. The van der Waals surface area contributed by atoms with Crippen molar-refractivity contribution in [3.63, 3.8) is 0 Å². The van der Waals surface area contributed by atoms with Gasteiger partial charge < -0.3 is 0 Å². The third kappa shape index (κ3) is 5.15. The Hall–Kier alpha value is -0.231. The van der Waals surface area contributed by atoms with Crippen molar-refractivity contribution in [2.24, 2.45) is 0 Å². The summed E-state index contributed by atoms with van der Waals surface area (Å²) in [6.07, 6.45) is 4.43. The number of hydrogen-bond donors (Lipinski definition) is 0. The summed E-state index contributed by atoms with van der Waals surface area (Å²) < 4.78 is 1.43. The van der Waals surface area contributed by atoms with E-state index in [4.69, 9.17) is 11.6 Å². The quantitative estimate of drug-likeness (QED) is 0.433.